The number of rotatable bonds is 5. The monoisotopic (exact) mass is 422 g/mol. The van der Waals surface area contributed by atoms with Gasteiger partial charge in [0.25, 0.3) is 0 Å². The first-order chi connectivity index (χ1) is 11.6. The van der Waals surface area contributed by atoms with Gasteiger partial charge in [0.05, 0.1) is 5.75 Å². The number of nitrogens with zero attached hydrogens (tertiary/aromatic N) is 3. The molecule has 0 aliphatic carbocycles. The van der Waals surface area contributed by atoms with Gasteiger partial charge in [-0.1, -0.05) is 29.4 Å². The predicted octanol–water partition coefficient (Wildman–Crippen LogP) is 4.41. The van der Waals surface area contributed by atoms with Gasteiger partial charge in [-0.05, 0) is 46.3 Å². The number of thioether (sulfide) groups is 1. The van der Waals surface area contributed by atoms with E-state index < -0.39 is 0 Å². The van der Waals surface area contributed by atoms with Crippen molar-refractivity contribution in [3.05, 3.63) is 64.5 Å². The fourth-order valence-electron chi connectivity index (χ4n) is 1.98. The second kappa shape index (κ2) is 7.83. The van der Waals surface area contributed by atoms with Crippen LogP contribution in [0.4, 0.5) is 5.82 Å². The van der Waals surface area contributed by atoms with Crippen LogP contribution in [0.5, 0.6) is 0 Å². The Labute approximate surface area is 156 Å². The number of anilines is 1. The Morgan fingerprint density at radius 2 is 2.17 bits per heavy atom. The minimum Gasteiger partial charge on any atom is -0.310 e. The molecule has 0 spiro atoms. The van der Waals surface area contributed by atoms with Crippen molar-refractivity contribution in [1.82, 2.24) is 14.5 Å². The van der Waals surface area contributed by atoms with Crippen LogP contribution in [0.25, 0.3) is 5.69 Å². The van der Waals surface area contributed by atoms with Crippen LogP contribution in [-0.4, -0.2) is 26.2 Å². The van der Waals surface area contributed by atoms with E-state index in [0.29, 0.717) is 10.8 Å². The topological polar surface area (TPSA) is 59.8 Å². The number of nitrogens with one attached hydrogen (secondary N) is 1. The first-order valence-electron chi connectivity index (χ1n) is 6.95. The van der Waals surface area contributed by atoms with Gasteiger partial charge in [0.2, 0.25) is 5.91 Å². The smallest absolute Gasteiger partial charge is 0.236 e. The highest BCUT2D eigenvalue weighted by molar-refractivity contribution is 9.10. The molecule has 0 atom stereocenters. The Morgan fingerprint density at radius 3 is 2.92 bits per heavy atom. The molecule has 1 aromatic carbocycles. The van der Waals surface area contributed by atoms with Crippen LogP contribution < -0.4 is 5.32 Å². The third-order valence-electron chi connectivity index (χ3n) is 3.02. The number of pyridine rings is 1. The molecule has 0 unspecified atom stereocenters. The van der Waals surface area contributed by atoms with E-state index in [1.54, 1.807) is 18.5 Å². The molecule has 3 aromatic rings. The van der Waals surface area contributed by atoms with Crippen LogP contribution in [0.2, 0.25) is 5.02 Å². The summed E-state index contributed by atoms with van der Waals surface area (Å²) in [6.45, 7) is 0. The summed E-state index contributed by atoms with van der Waals surface area (Å²) in [5.41, 5.74) is 0.900. The number of aromatic nitrogens is 3. The van der Waals surface area contributed by atoms with Gasteiger partial charge in [-0.25, -0.2) is 9.97 Å². The Morgan fingerprint density at radius 1 is 1.29 bits per heavy atom. The van der Waals surface area contributed by atoms with E-state index in [0.717, 1.165) is 15.3 Å². The van der Waals surface area contributed by atoms with Crippen molar-refractivity contribution in [3.8, 4) is 5.69 Å². The number of amides is 1. The molecule has 0 saturated heterocycles. The first-order valence-corrected chi connectivity index (χ1v) is 9.11. The molecular weight excluding hydrogens is 412 g/mol. The van der Waals surface area contributed by atoms with Gasteiger partial charge < -0.3 is 5.32 Å². The molecule has 0 bridgehead atoms. The molecule has 1 N–H and O–H groups in total. The zero-order valence-corrected chi connectivity index (χ0v) is 15.5. The van der Waals surface area contributed by atoms with Crippen molar-refractivity contribution >= 4 is 51.0 Å². The molecule has 122 valence electrons. The van der Waals surface area contributed by atoms with Gasteiger partial charge in [-0.3, -0.25) is 9.36 Å². The number of imidazole rings is 1. The molecule has 2 heterocycles. The minimum atomic E-state index is -0.143. The van der Waals surface area contributed by atoms with Crippen LogP contribution in [0, 0.1) is 0 Å². The van der Waals surface area contributed by atoms with Crippen molar-refractivity contribution in [1.29, 1.82) is 0 Å². The summed E-state index contributed by atoms with van der Waals surface area (Å²) in [5, 5.41) is 4.12. The van der Waals surface area contributed by atoms with Crippen LogP contribution >= 0.6 is 39.3 Å². The van der Waals surface area contributed by atoms with Gasteiger partial charge in [0.15, 0.2) is 5.16 Å². The second-order valence-electron chi connectivity index (χ2n) is 4.76. The minimum absolute atomic E-state index is 0.143. The van der Waals surface area contributed by atoms with E-state index >= 15 is 0 Å². The molecule has 0 radical (unpaired) electrons. The van der Waals surface area contributed by atoms with E-state index in [9.17, 15) is 4.79 Å². The van der Waals surface area contributed by atoms with Crippen LogP contribution in [0.15, 0.2) is 64.6 Å². The van der Waals surface area contributed by atoms with Crippen LogP contribution in [0.3, 0.4) is 0 Å². The van der Waals surface area contributed by atoms with E-state index in [1.807, 2.05) is 41.1 Å². The molecule has 0 aliphatic rings. The average Bonchev–Trinajstić information content (AvgIpc) is 3.04. The number of halogens is 2. The molecule has 0 fully saturated rings. The largest absolute Gasteiger partial charge is 0.310 e. The summed E-state index contributed by atoms with van der Waals surface area (Å²) in [6, 6.07) is 11.0. The maximum atomic E-state index is 12.1. The van der Waals surface area contributed by atoms with Crippen molar-refractivity contribution in [2.45, 2.75) is 5.16 Å². The molecule has 24 heavy (non-hydrogen) atoms. The number of carbonyl (C=O) groups is 1. The van der Waals surface area contributed by atoms with Gasteiger partial charge in [0.1, 0.15) is 5.82 Å². The molecule has 3 rings (SSSR count). The third-order valence-corrected chi connectivity index (χ3v) is 4.69. The van der Waals surface area contributed by atoms with Crippen molar-refractivity contribution < 1.29 is 4.79 Å². The number of carbonyl (C=O) groups excluding carboxylic acids is 1. The summed E-state index contributed by atoms with van der Waals surface area (Å²) in [5.74, 6) is 0.604. The van der Waals surface area contributed by atoms with Gasteiger partial charge in [0, 0.05) is 33.8 Å². The number of benzene rings is 1. The lowest BCUT2D eigenvalue weighted by Gasteiger charge is -2.08. The Bertz CT molecular complexity index is 853. The summed E-state index contributed by atoms with van der Waals surface area (Å²) < 4.78 is 2.75. The lowest BCUT2D eigenvalue weighted by molar-refractivity contribution is -0.113. The standard InChI is InChI=1S/C16H12BrClN4OS/c17-11-4-5-14(20-9-11)21-15(23)10-24-16-19-6-7-22(16)13-3-1-2-12(18)8-13/h1-9H,10H2,(H,20,21,23). The lowest BCUT2D eigenvalue weighted by Crippen LogP contribution is -2.15. The number of hydrogen-bond donors (Lipinski definition) is 1. The SMILES string of the molecule is O=C(CSc1nccn1-c1cccc(Cl)c1)Nc1ccc(Br)cn1. The summed E-state index contributed by atoms with van der Waals surface area (Å²) >= 11 is 10.7. The molecule has 8 heteroatoms. The number of hydrogen-bond acceptors (Lipinski definition) is 4. The van der Waals surface area contributed by atoms with Gasteiger partial charge in [-0.15, -0.1) is 0 Å². The molecule has 5 nitrogen and oxygen atoms in total. The van der Waals surface area contributed by atoms with E-state index in [4.69, 9.17) is 11.6 Å². The summed E-state index contributed by atoms with van der Waals surface area (Å²) in [6.07, 6.45) is 5.16. The van der Waals surface area contributed by atoms with E-state index in [-0.39, 0.29) is 11.7 Å². The Hall–Kier alpha value is -1.83. The molecule has 0 aliphatic heterocycles. The zero-order valence-electron chi connectivity index (χ0n) is 12.3. The summed E-state index contributed by atoms with van der Waals surface area (Å²) in [7, 11) is 0. The molecule has 2 aromatic heterocycles. The van der Waals surface area contributed by atoms with Crippen LogP contribution in [-0.2, 0) is 4.79 Å². The predicted molar refractivity (Wildman–Crippen MR) is 99.9 cm³/mol. The maximum Gasteiger partial charge on any atom is 0.236 e. The van der Waals surface area contributed by atoms with Crippen molar-refractivity contribution in [2.75, 3.05) is 11.1 Å². The van der Waals surface area contributed by atoms with Crippen molar-refractivity contribution in [3.63, 3.8) is 0 Å². The maximum absolute atomic E-state index is 12.1. The highest BCUT2D eigenvalue weighted by Crippen LogP contribution is 2.22. The van der Waals surface area contributed by atoms with Gasteiger partial charge >= 0.3 is 0 Å². The normalized spacial score (nSPS) is 10.6. The molecule has 1 amide bonds. The van der Waals surface area contributed by atoms with Gasteiger partial charge in [-0.2, -0.15) is 0 Å². The fraction of sp³-hybridized carbons (Fsp3) is 0.0625. The lowest BCUT2D eigenvalue weighted by atomic mass is 10.3. The van der Waals surface area contributed by atoms with E-state index in [1.165, 1.54) is 11.8 Å². The van der Waals surface area contributed by atoms with E-state index in [2.05, 4.69) is 31.2 Å². The first kappa shape index (κ1) is 17.0. The highest BCUT2D eigenvalue weighted by atomic mass is 79.9. The second-order valence-corrected chi connectivity index (χ2v) is 7.05. The third kappa shape index (κ3) is 4.37. The summed E-state index contributed by atoms with van der Waals surface area (Å²) in [4.78, 5) is 20.5. The van der Waals surface area contributed by atoms with Crippen molar-refractivity contribution in [2.24, 2.45) is 0 Å². The highest BCUT2D eigenvalue weighted by Gasteiger charge is 2.10. The molecular formula is C16H12BrClN4OS. The quantitative estimate of drug-likeness (QED) is 0.617. The average molecular weight is 424 g/mol. The van der Waals surface area contributed by atoms with Crippen LogP contribution in [0.1, 0.15) is 0 Å². The zero-order chi connectivity index (χ0) is 16.9. The Balaban J connectivity index is 1.64. The molecule has 0 saturated carbocycles. The fourth-order valence-corrected chi connectivity index (χ4v) is 3.17. The Kier molecular flexibility index (Phi) is 5.55.